The van der Waals surface area contributed by atoms with Crippen LogP contribution >= 0.6 is 23.2 Å². The van der Waals surface area contributed by atoms with Gasteiger partial charge in [0.1, 0.15) is 0 Å². The standard InChI is InChI=1S/C20H29Cl2N3O3S/c1-5-14(4)25-19(26)18(13(2)3)23-20(25)8-10-24(11-9-20)29(27,28)15-6-7-16(21)17(22)12-15/h6-7,12-14,18,23H,5,8-11H2,1-4H3/t14-,18-/m0/s1. The van der Waals surface area contributed by atoms with Crippen molar-refractivity contribution < 1.29 is 13.2 Å². The fourth-order valence-electron chi connectivity index (χ4n) is 4.32. The molecule has 0 aliphatic carbocycles. The van der Waals surface area contributed by atoms with E-state index in [1.54, 1.807) is 0 Å². The van der Waals surface area contributed by atoms with Crippen LogP contribution in [0.1, 0.15) is 47.0 Å². The van der Waals surface area contributed by atoms with Gasteiger partial charge in [0, 0.05) is 19.1 Å². The molecule has 1 amide bonds. The van der Waals surface area contributed by atoms with Gasteiger partial charge in [-0.3, -0.25) is 10.1 Å². The molecule has 2 fully saturated rings. The molecule has 0 saturated carbocycles. The second-order valence-corrected chi connectivity index (χ2v) is 11.1. The minimum Gasteiger partial charge on any atom is -0.320 e. The minimum absolute atomic E-state index is 0.0944. The maximum absolute atomic E-state index is 13.1. The average molecular weight is 462 g/mol. The van der Waals surface area contributed by atoms with Gasteiger partial charge < -0.3 is 4.90 Å². The molecule has 2 saturated heterocycles. The molecular formula is C20H29Cl2N3O3S. The van der Waals surface area contributed by atoms with E-state index >= 15 is 0 Å². The Morgan fingerprint density at radius 1 is 1.17 bits per heavy atom. The lowest BCUT2D eigenvalue weighted by Crippen LogP contribution is -2.61. The highest BCUT2D eigenvalue weighted by molar-refractivity contribution is 7.89. The SMILES string of the molecule is CC[C@H](C)N1C(=O)[C@H](C(C)C)NC12CCN(S(=O)(=O)c1ccc(Cl)c(Cl)c1)CC2. The van der Waals surface area contributed by atoms with Crippen LogP contribution < -0.4 is 5.32 Å². The molecule has 1 spiro atoms. The van der Waals surface area contributed by atoms with E-state index in [-0.39, 0.29) is 33.8 Å². The molecule has 1 aromatic rings. The highest BCUT2D eigenvalue weighted by atomic mass is 35.5. The summed E-state index contributed by atoms with van der Waals surface area (Å²) >= 11 is 11.9. The third kappa shape index (κ3) is 4.04. The molecule has 0 aromatic heterocycles. The number of benzene rings is 1. The number of hydrogen-bond donors (Lipinski definition) is 1. The average Bonchev–Trinajstić information content (AvgIpc) is 2.95. The van der Waals surface area contributed by atoms with Crippen LogP contribution in [0.3, 0.4) is 0 Å². The molecule has 1 N–H and O–H groups in total. The van der Waals surface area contributed by atoms with Gasteiger partial charge in [0.2, 0.25) is 15.9 Å². The first-order valence-corrected chi connectivity index (χ1v) is 12.3. The lowest BCUT2D eigenvalue weighted by atomic mass is 9.95. The molecule has 2 heterocycles. The van der Waals surface area contributed by atoms with Crippen LogP contribution in [0, 0.1) is 5.92 Å². The maximum atomic E-state index is 13.1. The summed E-state index contributed by atoms with van der Waals surface area (Å²) in [7, 11) is -3.68. The summed E-state index contributed by atoms with van der Waals surface area (Å²) in [5.74, 6) is 0.293. The van der Waals surface area contributed by atoms with Crippen molar-refractivity contribution in [3.05, 3.63) is 28.2 Å². The molecule has 2 aliphatic heterocycles. The number of amides is 1. The number of nitrogens with zero attached hydrogens (tertiary/aromatic N) is 2. The summed E-state index contributed by atoms with van der Waals surface area (Å²) in [5, 5.41) is 4.10. The Morgan fingerprint density at radius 3 is 2.31 bits per heavy atom. The first-order valence-electron chi connectivity index (χ1n) is 10.1. The molecule has 1 aromatic carbocycles. The Balaban J connectivity index is 1.84. The zero-order valence-electron chi connectivity index (χ0n) is 17.3. The Kier molecular flexibility index (Phi) is 6.57. The smallest absolute Gasteiger partial charge is 0.243 e. The quantitative estimate of drug-likeness (QED) is 0.724. The Bertz CT molecular complexity index is 883. The number of nitrogens with one attached hydrogen (secondary N) is 1. The fraction of sp³-hybridized carbons (Fsp3) is 0.650. The maximum Gasteiger partial charge on any atom is 0.243 e. The minimum atomic E-state index is -3.68. The topological polar surface area (TPSA) is 69.7 Å². The molecular weight excluding hydrogens is 433 g/mol. The third-order valence-electron chi connectivity index (χ3n) is 6.17. The van der Waals surface area contributed by atoms with Crippen LogP contribution in [0.15, 0.2) is 23.1 Å². The van der Waals surface area contributed by atoms with Crippen LogP contribution in [0.25, 0.3) is 0 Å². The monoisotopic (exact) mass is 461 g/mol. The van der Waals surface area contributed by atoms with Gasteiger partial charge in [0.25, 0.3) is 0 Å². The number of hydrogen-bond acceptors (Lipinski definition) is 4. The highest BCUT2D eigenvalue weighted by Gasteiger charge is 2.54. The van der Waals surface area contributed by atoms with Crippen LogP contribution in [-0.4, -0.2) is 54.4 Å². The normalized spacial score (nSPS) is 23.9. The van der Waals surface area contributed by atoms with Gasteiger partial charge in [0.15, 0.2) is 0 Å². The molecule has 9 heteroatoms. The molecule has 3 rings (SSSR count). The number of carbonyl (C=O) groups is 1. The van der Waals surface area contributed by atoms with Gasteiger partial charge in [-0.15, -0.1) is 0 Å². The molecule has 162 valence electrons. The van der Waals surface area contributed by atoms with Crippen LogP contribution in [-0.2, 0) is 14.8 Å². The van der Waals surface area contributed by atoms with Crippen molar-refractivity contribution in [3.8, 4) is 0 Å². The van der Waals surface area contributed by atoms with E-state index in [1.807, 2.05) is 18.7 Å². The van der Waals surface area contributed by atoms with E-state index in [1.165, 1.54) is 22.5 Å². The van der Waals surface area contributed by atoms with Crippen molar-refractivity contribution in [3.63, 3.8) is 0 Å². The Labute approximate surface area is 183 Å². The largest absolute Gasteiger partial charge is 0.320 e. The summed E-state index contributed by atoms with van der Waals surface area (Å²) in [5.41, 5.74) is -0.495. The fourth-order valence-corrected chi connectivity index (χ4v) is 6.15. The Hall–Kier alpha value is -0.860. The van der Waals surface area contributed by atoms with Crippen molar-refractivity contribution in [2.75, 3.05) is 13.1 Å². The lowest BCUT2D eigenvalue weighted by molar-refractivity contribution is -0.136. The van der Waals surface area contributed by atoms with Crippen molar-refractivity contribution in [2.24, 2.45) is 5.92 Å². The van der Waals surface area contributed by atoms with E-state index in [0.717, 1.165) is 6.42 Å². The number of carbonyl (C=O) groups excluding carboxylic acids is 1. The predicted molar refractivity (Wildman–Crippen MR) is 116 cm³/mol. The summed E-state index contributed by atoms with van der Waals surface area (Å²) in [6.07, 6.45) is 1.95. The van der Waals surface area contributed by atoms with Crippen LogP contribution in [0.5, 0.6) is 0 Å². The lowest BCUT2D eigenvalue weighted by Gasteiger charge is -2.46. The van der Waals surface area contributed by atoms with Crippen LogP contribution in [0.2, 0.25) is 10.0 Å². The van der Waals surface area contributed by atoms with Gasteiger partial charge >= 0.3 is 0 Å². The summed E-state index contributed by atoms with van der Waals surface area (Å²) in [6.45, 7) is 8.86. The second-order valence-electron chi connectivity index (χ2n) is 8.34. The van der Waals surface area contributed by atoms with E-state index in [2.05, 4.69) is 19.2 Å². The molecule has 2 atom stereocenters. The molecule has 0 unspecified atom stereocenters. The number of halogens is 2. The van der Waals surface area contributed by atoms with Crippen molar-refractivity contribution in [1.29, 1.82) is 0 Å². The molecule has 0 bridgehead atoms. The van der Waals surface area contributed by atoms with E-state index in [0.29, 0.717) is 31.0 Å². The Morgan fingerprint density at radius 2 is 1.79 bits per heavy atom. The van der Waals surface area contributed by atoms with Crippen LogP contribution in [0.4, 0.5) is 0 Å². The van der Waals surface area contributed by atoms with E-state index in [9.17, 15) is 13.2 Å². The number of rotatable bonds is 5. The summed E-state index contributed by atoms with van der Waals surface area (Å²) in [4.78, 5) is 15.2. The second kappa shape index (κ2) is 8.35. The first kappa shape index (κ1) is 22.8. The number of sulfonamides is 1. The molecule has 29 heavy (non-hydrogen) atoms. The first-order chi connectivity index (χ1) is 13.5. The van der Waals surface area contributed by atoms with E-state index < -0.39 is 15.7 Å². The summed E-state index contributed by atoms with van der Waals surface area (Å²) in [6, 6.07) is 4.23. The number of piperidine rings is 1. The van der Waals surface area contributed by atoms with Gasteiger partial charge in [-0.05, 0) is 50.3 Å². The molecule has 2 aliphatic rings. The third-order valence-corrected chi connectivity index (χ3v) is 8.80. The zero-order chi connectivity index (χ0) is 21.6. The van der Waals surface area contributed by atoms with Crippen molar-refractivity contribution in [1.82, 2.24) is 14.5 Å². The predicted octanol–water partition coefficient (Wildman–Crippen LogP) is 3.73. The van der Waals surface area contributed by atoms with Gasteiger partial charge in [-0.1, -0.05) is 44.0 Å². The molecule has 6 nitrogen and oxygen atoms in total. The molecule has 0 radical (unpaired) electrons. The zero-order valence-corrected chi connectivity index (χ0v) is 19.6. The van der Waals surface area contributed by atoms with Gasteiger partial charge in [-0.25, -0.2) is 8.42 Å². The van der Waals surface area contributed by atoms with Crippen molar-refractivity contribution >= 4 is 39.1 Å². The van der Waals surface area contributed by atoms with Gasteiger partial charge in [0.05, 0.1) is 26.6 Å². The van der Waals surface area contributed by atoms with Crippen molar-refractivity contribution in [2.45, 2.75) is 69.6 Å². The highest BCUT2D eigenvalue weighted by Crippen LogP contribution is 2.38. The van der Waals surface area contributed by atoms with E-state index in [4.69, 9.17) is 23.2 Å². The summed E-state index contributed by atoms with van der Waals surface area (Å²) < 4.78 is 27.6. The van der Waals surface area contributed by atoms with Gasteiger partial charge in [-0.2, -0.15) is 4.31 Å².